The van der Waals surface area contributed by atoms with Crippen LogP contribution in [0.1, 0.15) is 27.9 Å². The monoisotopic (exact) mass is 818 g/mol. The van der Waals surface area contributed by atoms with Crippen molar-refractivity contribution < 1.29 is 56.2 Å². The minimum Gasteiger partial charge on any atom is -0.493 e. The van der Waals surface area contributed by atoms with Crippen LogP contribution in [0, 0.1) is 10.1 Å². The van der Waals surface area contributed by atoms with Crippen molar-refractivity contribution in [1.29, 1.82) is 0 Å². The Hall–Kier alpha value is -6.79. The first-order valence-electron chi connectivity index (χ1n) is 17.6. The van der Waals surface area contributed by atoms with Crippen LogP contribution in [0.15, 0.2) is 115 Å². The highest BCUT2D eigenvalue weighted by Crippen LogP contribution is 2.35. The third kappa shape index (κ3) is 12.9. The number of carbonyl (C=O) groups excluding carboxylic acids is 4. The Labute approximate surface area is 334 Å². The molecule has 0 aliphatic heterocycles. The van der Waals surface area contributed by atoms with Crippen molar-refractivity contribution in [2.24, 2.45) is 0 Å². The number of nitrogens with zero attached hydrogens (tertiary/aromatic N) is 1. The van der Waals surface area contributed by atoms with E-state index in [1.165, 1.54) is 44.6 Å². The summed E-state index contributed by atoms with van der Waals surface area (Å²) in [5.41, 5.74) is 0.617. The number of nitro benzene ring substituents is 1. The predicted octanol–water partition coefficient (Wildman–Crippen LogP) is 3.66. The summed E-state index contributed by atoms with van der Waals surface area (Å²) in [4.78, 5) is 63.0. The molecule has 0 heterocycles. The van der Waals surface area contributed by atoms with Crippen LogP contribution >= 0.6 is 0 Å². The fourth-order valence-corrected chi connectivity index (χ4v) is 6.54. The quantitative estimate of drug-likeness (QED) is 0.0446. The number of ether oxygens (including phenoxy) is 5. The normalized spacial score (nSPS) is 11.9. The van der Waals surface area contributed by atoms with E-state index in [2.05, 4.69) is 21.9 Å². The number of rotatable bonds is 22. The molecule has 2 amide bonds. The molecule has 2 atom stereocenters. The number of amides is 2. The van der Waals surface area contributed by atoms with E-state index in [0.717, 1.165) is 17.7 Å². The van der Waals surface area contributed by atoms with Gasteiger partial charge in [-0.25, -0.2) is 17.9 Å². The molecule has 4 rings (SSSR count). The number of nitrogens with one attached hydrogen (secondary N) is 3. The van der Waals surface area contributed by atoms with E-state index < -0.39 is 74.3 Å². The summed E-state index contributed by atoms with van der Waals surface area (Å²) in [5.74, 6) is -3.19. The second-order valence-electron chi connectivity index (χ2n) is 12.3. The zero-order valence-electron chi connectivity index (χ0n) is 31.6. The molecule has 0 aliphatic rings. The largest absolute Gasteiger partial charge is 0.493 e. The lowest BCUT2D eigenvalue weighted by Gasteiger charge is -2.22. The van der Waals surface area contributed by atoms with Gasteiger partial charge in [0.15, 0.2) is 16.4 Å². The highest BCUT2D eigenvalue weighted by Gasteiger charge is 2.30. The number of para-hydroxylation sites is 1. The van der Waals surface area contributed by atoms with Gasteiger partial charge >= 0.3 is 11.9 Å². The highest BCUT2D eigenvalue weighted by atomic mass is 32.2. The average molecular weight is 819 g/mol. The molecule has 0 bridgehead atoms. The molecule has 4 aromatic rings. The lowest BCUT2D eigenvalue weighted by molar-refractivity contribution is -0.387. The Morgan fingerprint density at radius 3 is 2.09 bits per heavy atom. The molecule has 0 aliphatic carbocycles. The molecular weight excluding hydrogens is 777 g/mol. The summed E-state index contributed by atoms with van der Waals surface area (Å²) in [5, 5.41) is 16.7. The predicted molar refractivity (Wildman–Crippen MR) is 209 cm³/mol. The van der Waals surface area contributed by atoms with Crippen LogP contribution < -0.4 is 29.6 Å². The number of methoxy groups -OCH3 is 2. The Morgan fingerprint density at radius 2 is 1.45 bits per heavy atom. The van der Waals surface area contributed by atoms with Gasteiger partial charge in [0.25, 0.3) is 11.6 Å². The molecule has 17 nitrogen and oxygen atoms in total. The molecule has 306 valence electrons. The minimum absolute atomic E-state index is 0.0785. The zero-order valence-corrected chi connectivity index (χ0v) is 32.4. The maximum atomic E-state index is 14.0. The molecule has 18 heteroatoms. The Kier molecular flexibility index (Phi) is 16.3. The first-order chi connectivity index (χ1) is 27.8. The fourth-order valence-electron chi connectivity index (χ4n) is 5.39. The van der Waals surface area contributed by atoms with Gasteiger partial charge in [-0.05, 0) is 23.6 Å². The molecule has 0 saturated heterocycles. The van der Waals surface area contributed by atoms with E-state index in [1.54, 1.807) is 60.7 Å². The van der Waals surface area contributed by atoms with Gasteiger partial charge in [0.1, 0.15) is 31.6 Å². The second kappa shape index (κ2) is 21.5. The van der Waals surface area contributed by atoms with Crippen LogP contribution in [0.3, 0.4) is 0 Å². The molecule has 4 aromatic carbocycles. The van der Waals surface area contributed by atoms with Crippen LogP contribution in [0.25, 0.3) is 0 Å². The number of hydrogen-bond acceptors (Lipinski definition) is 13. The van der Waals surface area contributed by atoms with Gasteiger partial charge in [-0.15, -0.1) is 0 Å². The standard InChI is InChI=1S/C40H42N4O13S/c1-4-19-55-38(46)22-31(40(48)57-25-28-15-9-6-10-16-28)43-39(47)30-21-34(53-2)35(54-3)23-33(30)56-26-29(20-27-13-7-5-8-14-27)42-37(45)24-41-58(51,52)36-18-12-11-17-32(36)44(49)50/h4-18,21,23,29,31,41H,1,19-20,22,24-26H2,2-3H3,(H,42,45)(H,43,47)/t29-,31+/m1/s1. The van der Waals surface area contributed by atoms with Gasteiger partial charge in [-0.2, -0.15) is 0 Å². The summed E-state index contributed by atoms with van der Waals surface area (Å²) in [6.45, 7) is 2.17. The molecule has 0 fully saturated rings. The van der Waals surface area contributed by atoms with Crippen molar-refractivity contribution >= 4 is 39.5 Å². The first-order valence-corrected chi connectivity index (χ1v) is 19.1. The maximum Gasteiger partial charge on any atom is 0.329 e. The Bertz CT molecular complexity index is 2190. The van der Waals surface area contributed by atoms with Crippen LogP contribution in [0.5, 0.6) is 17.2 Å². The van der Waals surface area contributed by atoms with Crippen molar-refractivity contribution in [3.63, 3.8) is 0 Å². The zero-order chi connectivity index (χ0) is 42.1. The van der Waals surface area contributed by atoms with E-state index in [9.17, 15) is 37.7 Å². The molecular formula is C40H42N4O13S. The van der Waals surface area contributed by atoms with E-state index >= 15 is 0 Å². The topological polar surface area (TPSA) is 228 Å². The molecule has 3 N–H and O–H groups in total. The third-order valence-electron chi connectivity index (χ3n) is 8.18. The van der Waals surface area contributed by atoms with Gasteiger partial charge in [0.2, 0.25) is 15.9 Å². The number of benzene rings is 4. The maximum absolute atomic E-state index is 14.0. The summed E-state index contributed by atoms with van der Waals surface area (Å²) >= 11 is 0. The third-order valence-corrected chi connectivity index (χ3v) is 9.63. The highest BCUT2D eigenvalue weighted by molar-refractivity contribution is 7.89. The fraction of sp³-hybridized carbons (Fsp3) is 0.250. The molecule has 0 spiro atoms. The second-order valence-corrected chi connectivity index (χ2v) is 14.0. The van der Waals surface area contributed by atoms with Gasteiger partial charge in [0, 0.05) is 18.2 Å². The summed E-state index contributed by atoms with van der Waals surface area (Å²) in [6.07, 6.45) is 0.945. The number of esters is 2. The van der Waals surface area contributed by atoms with E-state index in [4.69, 9.17) is 23.7 Å². The summed E-state index contributed by atoms with van der Waals surface area (Å²) in [7, 11) is -1.78. The minimum atomic E-state index is -4.48. The smallest absolute Gasteiger partial charge is 0.329 e. The summed E-state index contributed by atoms with van der Waals surface area (Å²) in [6, 6.07) is 22.7. The van der Waals surface area contributed by atoms with Crippen molar-refractivity contribution in [1.82, 2.24) is 15.4 Å². The van der Waals surface area contributed by atoms with E-state index in [1.807, 2.05) is 0 Å². The SMILES string of the molecule is C=CCOC(=O)C[C@H](NC(=O)c1cc(OC)c(OC)cc1OC[C@@H](Cc1ccccc1)NC(=O)CNS(=O)(=O)c1ccccc1[N+](=O)[O-])C(=O)OCc1ccccc1. The lowest BCUT2D eigenvalue weighted by Crippen LogP contribution is -2.45. The van der Waals surface area contributed by atoms with Gasteiger partial charge in [0.05, 0.1) is 43.7 Å². The molecule has 0 saturated carbocycles. The van der Waals surface area contributed by atoms with Crippen molar-refractivity contribution in [3.8, 4) is 17.2 Å². The number of sulfonamides is 1. The number of carbonyl (C=O) groups is 4. The molecule has 0 unspecified atom stereocenters. The Balaban J connectivity index is 1.57. The summed E-state index contributed by atoms with van der Waals surface area (Å²) < 4.78 is 55.4. The van der Waals surface area contributed by atoms with Gasteiger partial charge in [-0.3, -0.25) is 24.5 Å². The van der Waals surface area contributed by atoms with Crippen LogP contribution in [-0.2, 0) is 46.9 Å². The van der Waals surface area contributed by atoms with Gasteiger partial charge < -0.3 is 34.3 Å². The molecule has 0 aromatic heterocycles. The first kappa shape index (κ1) is 43.9. The van der Waals surface area contributed by atoms with Gasteiger partial charge in [-0.1, -0.05) is 85.5 Å². The van der Waals surface area contributed by atoms with Crippen molar-refractivity contribution in [2.75, 3.05) is 34.0 Å². The van der Waals surface area contributed by atoms with Crippen molar-refractivity contribution in [2.45, 2.75) is 36.4 Å². The average Bonchev–Trinajstić information content (AvgIpc) is 3.23. The Morgan fingerprint density at radius 1 is 0.828 bits per heavy atom. The van der Waals surface area contributed by atoms with Crippen LogP contribution in [0.2, 0.25) is 0 Å². The van der Waals surface area contributed by atoms with E-state index in [0.29, 0.717) is 5.56 Å². The van der Waals surface area contributed by atoms with Crippen LogP contribution in [-0.4, -0.2) is 83.2 Å². The molecule has 58 heavy (non-hydrogen) atoms. The molecule has 0 radical (unpaired) electrons. The number of nitro groups is 1. The number of hydrogen-bond donors (Lipinski definition) is 3. The van der Waals surface area contributed by atoms with Crippen LogP contribution in [0.4, 0.5) is 5.69 Å². The van der Waals surface area contributed by atoms with E-state index in [-0.39, 0.29) is 49.1 Å². The lowest BCUT2D eigenvalue weighted by atomic mass is 10.1. The van der Waals surface area contributed by atoms with Crippen molar-refractivity contribution in [3.05, 3.63) is 137 Å².